The van der Waals surface area contributed by atoms with Crippen molar-refractivity contribution in [1.82, 2.24) is 0 Å². The summed E-state index contributed by atoms with van der Waals surface area (Å²) in [6, 6.07) is 7.98. The Morgan fingerprint density at radius 3 is 2.26 bits per heavy atom. The van der Waals surface area contributed by atoms with E-state index in [9.17, 15) is 19.5 Å². The smallest absolute Gasteiger partial charge is 0.307 e. The van der Waals surface area contributed by atoms with Crippen LogP contribution in [0.2, 0.25) is 0 Å². The zero-order valence-corrected chi connectivity index (χ0v) is 18.5. The van der Waals surface area contributed by atoms with Crippen LogP contribution in [0.5, 0.6) is 0 Å². The van der Waals surface area contributed by atoms with Crippen LogP contribution in [-0.2, 0) is 9.59 Å². The molecule has 2 aromatic rings. The van der Waals surface area contributed by atoms with Gasteiger partial charge in [0.15, 0.2) is 0 Å². The molecule has 2 amide bonds. The molecule has 2 bridgehead atoms. The molecule has 0 radical (unpaired) electrons. The van der Waals surface area contributed by atoms with Crippen LogP contribution in [0.4, 0.5) is 5.00 Å². The van der Waals surface area contributed by atoms with Crippen molar-refractivity contribution in [2.45, 2.75) is 33.1 Å². The second kappa shape index (κ2) is 7.96. The third-order valence-corrected chi connectivity index (χ3v) is 7.50. The Balaban J connectivity index is 1.67. The van der Waals surface area contributed by atoms with Gasteiger partial charge in [-0.15, -0.1) is 11.3 Å². The summed E-state index contributed by atoms with van der Waals surface area (Å²) >= 11 is 1.29. The van der Waals surface area contributed by atoms with Crippen molar-refractivity contribution in [2.75, 3.05) is 5.32 Å². The first-order chi connectivity index (χ1) is 14.7. The van der Waals surface area contributed by atoms with Crippen molar-refractivity contribution in [3.05, 3.63) is 52.4 Å². The number of carbonyl (C=O) groups is 3. The summed E-state index contributed by atoms with van der Waals surface area (Å²) in [6.07, 6.45) is 4.51. The van der Waals surface area contributed by atoms with Gasteiger partial charge < -0.3 is 16.2 Å². The summed E-state index contributed by atoms with van der Waals surface area (Å²) in [5, 5.41) is 12.9. The SMILES string of the molecule is Cc1sc(NC(=O)[C@H]2[C@H](C(=O)O)[C@H]3C=C[C@H]2C3)c(C(N)=O)c1-c1ccc(C(C)C)cc1. The average Bonchev–Trinajstić information content (AvgIpc) is 3.40. The lowest BCUT2D eigenvalue weighted by Crippen LogP contribution is -2.36. The number of aryl methyl sites for hydroxylation is 1. The van der Waals surface area contributed by atoms with Gasteiger partial charge in [0.05, 0.1) is 17.4 Å². The molecule has 0 saturated heterocycles. The molecule has 0 unspecified atom stereocenters. The van der Waals surface area contributed by atoms with Gasteiger partial charge in [0.2, 0.25) is 5.91 Å². The van der Waals surface area contributed by atoms with Crippen molar-refractivity contribution < 1.29 is 19.5 Å². The van der Waals surface area contributed by atoms with Gasteiger partial charge in [-0.05, 0) is 42.2 Å². The van der Waals surface area contributed by atoms with Crippen molar-refractivity contribution in [2.24, 2.45) is 29.4 Å². The first kappa shape index (κ1) is 21.3. The van der Waals surface area contributed by atoms with E-state index in [1.807, 2.05) is 43.3 Å². The third-order valence-electron chi connectivity index (χ3n) is 6.48. The van der Waals surface area contributed by atoms with Gasteiger partial charge in [0, 0.05) is 10.4 Å². The number of carboxylic acid groups (broad SMARTS) is 1. The molecule has 7 heteroatoms. The zero-order valence-electron chi connectivity index (χ0n) is 17.7. The number of amides is 2. The number of primary amides is 1. The van der Waals surface area contributed by atoms with Crippen LogP contribution in [0, 0.1) is 30.6 Å². The fourth-order valence-corrected chi connectivity index (χ4v) is 6.05. The molecule has 4 atom stereocenters. The number of nitrogens with one attached hydrogen (secondary N) is 1. The molecule has 1 aromatic heterocycles. The minimum atomic E-state index is -0.958. The standard InChI is InChI=1S/C24H26N2O4S/c1-11(2)13-4-6-14(7-5-13)17-12(3)31-23(20(17)21(25)27)26-22(28)18-15-8-9-16(10-15)19(18)24(29)30/h4-9,11,15-16,18-19H,10H2,1-3H3,(H2,25,27)(H,26,28)(H,29,30)/t15-,16-,18+,19+/m0/s1. The predicted molar refractivity (Wildman–Crippen MR) is 121 cm³/mol. The second-order valence-electron chi connectivity index (χ2n) is 8.71. The lowest BCUT2D eigenvalue weighted by molar-refractivity contribution is -0.146. The Labute approximate surface area is 185 Å². The van der Waals surface area contributed by atoms with Gasteiger partial charge in [-0.2, -0.15) is 0 Å². The first-order valence-corrected chi connectivity index (χ1v) is 11.3. The summed E-state index contributed by atoms with van der Waals surface area (Å²) in [7, 11) is 0. The summed E-state index contributed by atoms with van der Waals surface area (Å²) in [4.78, 5) is 38.1. The maximum absolute atomic E-state index is 13.1. The highest BCUT2D eigenvalue weighted by atomic mass is 32.1. The third kappa shape index (κ3) is 3.67. The monoisotopic (exact) mass is 438 g/mol. The normalized spacial score (nSPS) is 24.0. The van der Waals surface area contributed by atoms with Crippen LogP contribution in [0.15, 0.2) is 36.4 Å². The maximum atomic E-state index is 13.1. The van der Waals surface area contributed by atoms with Gasteiger partial charge in [-0.3, -0.25) is 14.4 Å². The molecular weight excluding hydrogens is 412 g/mol. The minimum absolute atomic E-state index is 0.0905. The number of aliphatic carboxylic acids is 1. The number of hydrogen-bond acceptors (Lipinski definition) is 4. The van der Waals surface area contributed by atoms with Gasteiger partial charge in [0.25, 0.3) is 5.91 Å². The van der Waals surface area contributed by atoms with Gasteiger partial charge in [0.1, 0.15) is 5.00 Å². The van der Waals surface area contributed by atoms with Crippen LogP contribution in [0.3, 0.4) is 0 Å². The fourth-order valence-electron chi connectivity index (χ4n) is 4.96. The van der Waals surface area contributed by atoms with E-state index in [0.29, 0.717) is 22.9 Å². The summed E-state index contributed by atoms with van der Waals surface area (Å²) in [5.41, 5.74) is 8.76. The van der Waals surface area contributed by atoms with E-state index in [1.54, 1.807) is 0 Å². The molecule has 6 nitrogen and oxygen atoms in total. The number of rotatable bonds is 6. The Hall–Kier alpha value is -2.93. The van der Waals surface area contributed by atoms with Crippen LogP contribution >= 0.6 is 11.3 Å². The Morgan fingerprint density at radius 2 is 1.71 bits per heavy atom. The minimum Gasteiger partial charge on any atom is -0.481 e. The summed E-state index contributed by atoms with van der Waals surface area (Å²) in [6.45, 7) is 6.12. The second-order valence-corrected chi connectivity index (χ2v) is 9.93. The zero-order chi connectivity index (χ0) is 22.4. The molecule has 2 aliphatic rings. The molecule has 1 heterocycles. The lowest BCUT2D eigenvalue weighted by Gasteiger charge is -2.23. The largest absolute Gasteiger partial charge is 0.481 e. The van der Waals surface area contributed by atoms with Crippen LogP contribution < -0.4 is 11.1 Å². The summed E-state index contributed by atoms with van der Waals surface area (Å²) < 4.78 is 0. The van der Waals surface area contributed by atoms with Crippen molar-refractivity contribution in [1.29, 1.82) is 0 Å². The highest BCUT2D eigenvalue weighted by Crippen LogP contribution is 2.49. The van der Waals surface area contributed by atoms with E-state index in [-0.39, 0.29) is 23.3 Å². The highest BCUT2D eigenvalue weighted by Gasteiger charge is 2.51. The number of nitrogens with two attached hydrogens (primary N) is 1. The molecule has 162 valence electrons. The van der Waals surface area contributed by atoms with Gasteiger partial charge >= 0.3 is 5.97 Å². The number of benzene rings is 1. The van der Waals surface area contributed by atoms with E-state index >= 15 is 0 Å². The van der Waals surface area contributed by atoms with Gasteiger partial charge in [-0.25, -0.2) is 0 Å². The van der Waals surface area contributed by atoms with Crippen LogP contribution in [0.1, 0.15) is 47.0 Å². The van der Waals surface area contributed by atoms with Crippen LogP contribution in [0.25, 0.3) is 11.1 Å². The van der Waals surface area contributed by atoms with Crippen molar-refractivity contribution in [3.8, 4) is 11.1 Å². The topological polar surface area (TPSA) is 109 Å². The molecule has 0 aliphatic heterocycles. The molecule has 4 rings (SSSR count). The molecular formula is C24H26N2O4S. The van der Waals surface area contributed by atoms with E-state index < -0.39 is 23.7 Å². The summed E-state index contributed by atoms with van der Waals surface area (Å²) in [5.74, 6) is -3.15. The number of carbonyl (C=O) groups excluding carboxylic acids is 2. The Kier molecular flexibility index (Phi) is 5.47. The van der Waals surface area contributed by atoms with Crippen LogP contribution in [-0.4, -0.2) is 22.9 Å². The number of carboxylic acids is 1. The molecule has 0 spiro atoms. The molecule has 31 heavy (non-hydrogen) atoms. The number of anilines is 1. The lowest BCUT2D eigenvalue weighted by atomic mass is 9.82. The molecule has 1 saturated carbocycles. The van der Waals surface area contributed by atoms with E-state index in [0.717, 1.165) is 10.4 Å². The number of fused-ring (bicyclic) bond motifs is 2. The molecule has 1 fully saturated rings. The molecule has 1 aromatic carbocycles. The number of hydrogen-bond donors (Lipinski definition) is 3. The molecule has 4 N–H and O–H groups in total. The van der Waals surface area contributed by atoms with Crippen molar-refractivity contribution >= 4 is 34.1 Å². The maximum Gasteiger partial charge on any atom is 0.307 e. The van der Waals surface area contributed by atoms with E-state index in [2.05, 4.69) is 19.2 Å². The first-order valence-electron chi connectivity index (χ1n) is 10.4. The number of allylic oxidation sites excluding steroid dienone is 2. The van der Waals surface area contributed by atoms with E-state index in [4.69, 9.17) is 5.73 Å². The quantitative estimate of drug-likeness (QED) is 0.580. The van der Waals surface area contributed by atoms with Gasteiger partial charge in [-0.1, -0.05) is 50.3 Å². The van der Waals surface area contributed by atoms with Crippen molar-refractivity contribution in [3.63, 3.8) is 0 Å². The highest BCUT2D eigenvalue weighted by molar-refractivity contribution is 7.17. The molecule has 2 aliphatic carbocycles. The Bertz CT molecular complexity index is 1080. The average molecular weight is 439 g/mol. The predicted octanol–water partition coefficient (Wildman–Crippen LogP) is 4.41. The fraction of sp³-hybridized carbons (Fsp3) is 0.375. The van der Waals surface area contributed by atoms with E-state index in [1.165, 1.54) is 16.9 Å². The Morgan fingerprint density at radius 1 is 1.10 bits per heavy atom. The number of thiophene rings is 1.